The van der Waals surface area contributed by atoms with Crippen LogP contribution in [0.4, 0.5) is 0 Å². The number of amides is 2. The zero-order valence-corrected chi connectivity index (χ0v) is 40.2. The number of fused-ring (bicyclic) bond motifs is 7. The Kier molecular flexibility index (Phi) is 13.3. The molecule has 15 heteroatoms. The van der Waals surface area contributed by atoms with Crippen molar-refractivity contribution in [2.75, 3.05) is 53.2 Å². The molecule has 2 N–H and O–H groups in total. The van der Waals surface area contributed by atoms with Crippen molar-refractivity contribution < 1.29 is 33.3 Å². The third kappa shape index (κ3) is 9.01. The van der Waals surface area contributed by atoms with Crippen molar-refractivity contribution in [3.05, 3.63) is 57.7 Å². The first kappa shape index (κ1) is 45.9. The summed E-state index contributed by atoms with van der Waals surface area (Å²) in [5.74, 6) is -0.377. The van der Waals surface area contributed by atoms with E-state index < -0.39 is 29.6 Å². The van der Waals surface area contributed by atoms with Gasteiger partial charge in [-0.2, -0.15) is 0 Å². The molecule has 0 spiro atoms. The lowest BCUT2D eigenvalue weighted by Gasteiger charge is -2.42. The molecule has 0 radical (unpaired) electrons. The monoisotopic (exact) mass is 909 g/mol. The number of methoxy groups -OCH3 is 1. The Balaban J connectivity index is 1.18. The first-order chi connectivity index (χ1) is 31.3. The number of rotatable bonds is 9. The summed E-state index contributed by atoms with van der Waals surface area (Å²) in [6, 6.07) is 7.50. The van der Waals surface area contributed by atoms with Crippen LogP contribution >= 0.6 is 11.3 Å². The third-order valence-corrected chi connectivity index (χ3v) is 15.9. The molecule has 3 aromatic heterocycles. The van der Waals surface area contributed by atoms with Crippen LogP contribution in [0.3, 0.4) is 0 Å². The fourth-order valence-corrected chi connectivity index (χ4v) is 11.8. The van der Waals surface area contributed by atoms with Gasteiger partial charge in [-0.3, -0.25) is 29.3 Å². The molecule has 14 nitrogen and oxygen atoms in total. The molecule has 65 heavy (non-hydrogen) atoms. The summed E-state index contributed by atoms with van der Waals surface area (Å²) in [5, 5.41) is 8.27. The van der Waals surface area contributed by atoms with E-state index in [1.165, 1.54) is 21.9 Å². The largest absolute Gasteiger partial charge is 0.464 e. The summed E-state index contributed by atoms with van der Waals surface area (Å²) in [5.41, 5.74) is 10.9. The van der Waals surface area contributed by atoms with Gasteiger partial charge in [-0.1, -0.05) is 33.8 Å². The Morgan fingerprint density at radius 3 is 2.68 bits per heavy atom. The number of aryl methyl sites for hydroxylation is 1. The molecule has 4 fully saturated rings. The number of nitrogens with zero attached hydrogens (tertiary/aromatic N) is 5. The van der Waals surface area contributed by atoms with Gasteiger partial charge in [0.2, 0.25) is 5.91 Å². The number of piperidine rings is 1. The number of esters is 1. The summed E-state index contributed by atoms with van der Waals surface area (Å²) in [6.45, 7) is 19.7. The maximum Gasteiger partial charge on any atom is 0.324 e. The molecule has 4 aliphatic heterocycles. The predicted molar refractivity (Wildman–Crippen MR) is 250 cm³/mol. The van der Waals surface area contributed by atoms with Crippen LogP contribution in [-0.2, 0) is 46.3 Å². The van der Waals surface area contributed by atoms with Gasteiger partial charge in [0.05, 0.1) is 43.0 Å². The van der Waals surface area contributed by atoms with Crippen LogP contribution in [0.1, 0.15) is 114 Å². The molecule has 1 unspecified atom stereocenters. The number of morpholine rings is 1. The van der Waals surface area contributed by atoms with Crippen LogP contribution < -0.4 is 10.7 Å². The second kappa shape index (κ2) is 18.8. The first-order valence-corrected chi connectivity index (χ1v) is 24.8. The molecule has 6 bridgehead atoms. The molecular weight excluding hydrogens is 843 g/mol. The smallest absolute Gasteiger partial charge is 0.324 e. The highest BCUT2D eigenvalue weighted by Gasteiger charge is 2.50. The summed E-state index contributed by atoms with van der Waals surface area (Å²) in [7, 11) is 1.74. The lowest BCUT2D eigenvalue weighted by Crippen LogP contribution is -2.61. The van der Waals surface area contributed by atoms with Crippen molar-refractivity contribution in [1.82, 2.24) is 35.2 Å². The molecule has 5 aliphatic rings. The highest BCUT2D eigenvalue weighted by atomic mass is 32.1. The van der Waals surface area contributed by atoms with E-state index in [2.05, 4.69) is 92.2 Å². The van der Waals surface area contributed by atoms with E-state index in [1.807, 2.05) is 12.3 Å². The summed E-state index contributed by atoms with van der Waals surface area (Å²) in [4.78, 5) is 55.5. The van der Waals surface area contributed by atoms with Gasteiger partial charge in [0.1, 0.15) is 23.2 Å². The molecular formula is C50H67N7O7S. The quantitative estimate of drug-likeness (QED) is 0.164. The Bertz CT molecular complexity index is 2410. The van der Waals surface area contributed by atoms with Gasteiger partial charge in [0, 0.05) is 84.3 Å². The number of carbonyl (C=O) groups is 3. The van der Waals surface area contributed by atoms with Gasteiger partial charge in [0.15, 0.2) is 0 Å². The summed E-state index contributed by atoms with van der Waals surface area (Å²) in [6.07, 6.45) is 4.73. The standard InChI is InChI=1S/C50H67N7O7S/c1-9-56-40-14-13-32-21-35(40)37(44(56)36-22-33(24-51-42(36)30(5)61-8)31-15-17-55-18-19-62-25-34(55)20-31)23-50(6,7)27-64-49(60)38-12-11-16-57(54-38)48(59)43(53-46(58)41-28(3)29(41)4)45(63-10-2)47-52-39(32)26-65-47/h13-14,21-22,24,26,28-31,34,38,41,43,45,54H,9-12,15-20,23,25,27H2,1-8H3,(H,53,58)/t28-,29+,30-,31+,34+,38-,41?,43-,45-/m0/s1. The zero-order chi connectivity index (χ0) is 45.7. The van der Waals surface area contributed by atoms with Gasteiger partial charge in [0.25, 0.3) is 5.91 Å². The SMILES string of the molecule is CCO[C@@H]1c2nc(cs2)-c2ccc3c(c2)c(c(-c2cc([C@@H]4CCN5CCOC[C@H]5C4)cnc2[C@H](C)OC)n3CC)CC(C)(C)COC(=O)[C@@H]2CCCN(N2)C(=O)[C@H]1NC(=O)C1[C@@H](C)[C@H]1C. The Labute approximate surface area is 387 Å². The highest BCUT2D eigenvalue weighted by Crippen LogP contribution is 2.47. The molecule has 7 heterocycles. The minimum absolute atomic E-state index is 0.163. The van der Waals surface area contributed by atoms with Crippen LogP contribution in [-0.4, -0.2) is 114 Å². The van der Waals surface area contributed by atoms with Crippen molar-refractivity contribution in [2.45, 2.75) is 123 Å². The molecule has 2 amide bonds. The van der Waals surface area contributed by atoms with E-state index in [4.69, 9.17) is 28.9 Å². The van der Waals surface area contributed by atoms with Crippen molar-refractivity contribution >= 4 is 40.0 Å². The number of thiazole rings is 1. The fraction of sp³-hybridized carbons (Fsp3) is 0.620. The van der Waals surface area contributed by atoms with Crippen LogP contribution in [0.25, 0.3) is 33.4 Å². The molecule has 4 aromatic rings. The van der Waals surface area contributed by atoms with Crippen LogP contribution in [0.2, 0.25) is 0 Å². The first-order valence-electron chi connectivity index (χ1n) is 23.9. The normalized spacial score (nSPS) is 28.9. The van der Waals surface area contributed by atoms with E-state index in [-0.39, 0.29) is 42.3 Å². The summed E-state index contributed by atoms with van der Waals surface area (Å²) >= 11 is 1.42. The maximum atomic E-state index is 14.6. The number of hydrogen-bond acceptors (Lipinski definition) is 12. The van der Waals surface area contributed by atoms with E-state index in [1.54, 1.807) is 7.11 Å². The molecule has 350 valence electrons. The minimum Gasteiger partial charge on any atom is -0.464 e. The Morgan fingerprint density at radius 2 is 1.92 bits per heavy atom. The number of carbonyl (C=O) groups excluding carboxylic acids is 3. The van der Waals surface area contributed by atoms with E-state index in [0.717, 1.165) is 83.8 Å². The van der Waals surface area contributed by atoms with Crippen molar-refractivity contribution in [3.8, 4) is 22.5 Å². The predicted octanol–water partition coefficient (Wildman–Crippen LogP) is 7.22. The van der Waals surface area contributed by atoms with Crippen LogP contribution in [0, 0.1) is 23.2 Å². The minimum atomic E-state index is -1.08. The van der Waals surface area contributed by atoms with Crippen molar-refractivity contribution in [1.29, 1.82) is 0 Å². The van der Waals surface area contributed by atoms with Gasteiger partial charge in [-0.05, 0) is 106 Å². The number of pyridine rings is 1. The van der Waals surface area contributed by atoms with Gasteiger partial charge in [-0.25, -0.2) is 10.4 Å². The molecule has 3 saturated heterocycles. The second-order valence-electron chi connectivity index (χ2n) is 19.8. The van der Waals surface area contributed by atoms with Gasteiger partial charge >= 0.3 is 5.97 Å². The average Bonchev–Trinajstić information content (AvgIpc) is 3.58. The molecule has 1 aromatic carbocycles. The molecule has 9 atom stereocenters. The number of hydrogen-bond donors (Lipinski definition) is 2. The fourth-order valence-electron chi connectivity index (χ4n) is 10.9. The molecule has 9 rings (SSSR count). The second-order valence-corrected chi connectivity index (χ2v) is 20.7. The average molecular weight is 910 g/mol. The number of aromatic nitrogens is 3. The number of hydrazine groups is 1. The lowest BCUT2D eigenvalue weighted by molar-refractivity contribution is -0.156. The van der Waals surface area contributed by atoms with E-state index in [0.29, 0.717) is 55.9 Å². The number of ether oxygens (including phenoxy) is 4. The Hall–Kier alpha value is -4.25. The lowest BCUT2D eigenvalue weighted by atomic mass is 9.82. The van der Waals surface area contributed by atoms with E-state index in [9.17, 15) is 14.4 Å². The van der Waals surface area contributed by atoms with Crippen LogP contribution in [0.5, 0.6) is 0 Å². The van der Waals surface area contributed by atoms with E-state index >= 15 is 0 Å². The van der Waals surface area contributed by atoms with Crippen molar-refractivity contribution in [3.63, 3.8) is 0 Å². The number of cyclic esters (lactones) is 1. The summed E-state index contributed by atoms with van der Waals surface area (Å²) < 4.78 is 27.0. The Morgan fingerprint density at radius 1 is 1.11 bits per heavy atom. The maximum absolute atomic E-state index is 14.6. The third-order valence-electron chi connectivity index (χ3n) is 15.0. The van der Waals surface area contributed by atoms with Crippen LogP contribution in [0.15, 0.2) is 35.8 Å². The van der Waals surface area contributed by atoms with Gasteiger partial charge < -0.3 is 28.8 Å². The highest BCUT2D eigenvalue weighted by molar-refractivity contribution is 7.10. The zero-order valence-electron chi connectivity index (χ0n) is 39.4. The molecule has 1 aliphatic carbocycles. The number of nitrogens with one attached hydrogen (secondary N) is 2. The van der Waals surface area contributed by atoms with Crippen molar-refractivity contribution in [2.24, 2.45) is 23.2 Å². The molecule has 1 saturated carbocycles. The topological polar surface area (TPSA) is 149 Å². The van der Waals surface area contributed by atoms with Gasteiger partial charge in [-0.15, -0.1) is 11.3 Å². The number of benzene rings is 1.